The van der Waals surface area contributed by atoms with Crippen LogP contribution in [0.1, 0.15) is 24.3 Å². The number of hydrogen-bond acceptors (Lipinski definition) is 4. The largest absolute Gasteiger partial charge is 0.495 e. The molecule has 0 spiro atoms. The first-order chi connectivity index (χ1) is 14.5. The predicted molar refractivity (Wildman–Crippen MR) is 118 cm³/mol. The molecule has 1 aromatic heterocycles. The van der Waals surface area contributed by atoms with E-state index in [2.05, 4.69) is 17.0 Å². The van der Waals surface area contributed by atoms with Crippen LogP contribution in [0.3, 0.4) is 0 Å². The van der Waals surface area contributed by atoms with E-state index >= 15 is 0 Å². The van der Waals surface area contributed by atoms with Crippen LogP contribution in [-0.2, 0) is 4.79 Å². The molecule has 0 saturated heterocycles. The minimum absolute atomic E-state index is 0.0379. The summed E-state index contributed by atoms with van der Waals surface area (Å²) in [5.74, 6) is -1.12. The molecular weight excluding hydrogens is 401 g/mol. The van der Waals surface area contributed by atoms with Gasteiger partial charge >= 0.3 is 5.97 Å². The van der Waals surface area contributed by atoms with Gasteiger partial charge in [-0.25, -0.2) is 4.39 Å². The Morgan fingerprint density at radius 1 is 1.17 bits per heavy atom. The fourth-order valence-electron chi connectivity index (χ4n) is 4.57. The molecule has 1 N–H and O–H groups in total. The van der Waals surface area contributed by atoms with Gasteiger partial charge in [0, 0.05) is 23.9 Å². The number of benzene rings is 2. The predicted octanol–water partition coefficient (Wildman–Crippen LogP) is 5.65. The molecule has 0 amide bonds. The van der Waals surface area contributed by atoms with E-state index in [1.807, 2.05) is 30.6 Å². The Labute approximate surface area is 179 Å². The summed E-state index contributed by atoms with van der Waals surface area (Å²) in [7, 11) is 3.63. The molecule has 3 unspecified atom stereocenters. The van der Waals surface area contributed by atoms with Gasteiger partial charge in [0.05, 0.1) is 18.7 Å². The Bertz CT molecular complexity index is 1020. The van der Waals surface area contributed by atoms with Crippen molar-refractivity contribution >= 4 is 23.0 Å². The number of likely N-dealkylation sites (N-methyl/N-ethyl adjacent to an activating group) is 1. The lowest BCUT2D eigenvalue weighted by Crippen LogP contribution is -2.36. The summed E-state index contributed by atoms with van der Waals surface area (Å²) in [6, 6.07) is 16.4. The maximum absolute atomic E-state index is 13.5. The van der Waals surface area contributed by atoms with Crippen LogP contribution < -0.4 is 9.64 Å². The van der Waals surface area contributed by atoms with Crippen molar-refractivity contribution in [3.05, 3.63) is 71.4 Å². The first-order valence-corrected chi connectivity index (χ1v) is 10.8. The monoisotopic (exact) mass is 425 g/mol. The van der Waals surface area contributed by atoms with Gasteiger partial charge in [-0.2, -0.15) is 0 Å². The minimum Gasteiger partial charge on any atom is -0.495 e. The van der Waals surface area contributed by atoms with Crippen molar-refractivity contribution in [1.29, 1.82) is 0 Å². The number of carboxylic acid groups (broad SMARTS) is 1. The zero-order chi connectivity index (χ0) is 21.3. The highest BCUT2D eigenvalue weighted by Crippen LogP contribution is 2.45. The third kappa shape index (κ3) is 3.79. The Kier molecular flexibility index (Phi) is 5.77. The topological polar surface area (TPSA) is 49.8 Å². The number of rotatable bonds is 6. The van der Waals surface area contributed by atoms with Crippen LogP contribution >= 0.6 is 11.3 Å². The van der Waals surface area contributed by atoms with Crippen molar-refractivity contribution in [2.45, 2.75) is 24.8 Å². The summed E-state index contributed by atoms with van der Waals surface area (Å²) in [5, 5.41) is 11.9. The zero-order valence-electron chi connectivity index (χ0n) is 16.9. The van der Waals surface area contributed by atoms with Gasteiger partial charge in [-0.15, -0.1) is 11.3 Å². The van der Waals surface area contributed by atoms with Crippen LogP contribution in [0.25, 0.3) is 10.4 Å². The standard InChI is InChI=1S/C24H24FNO3S/c1-26(20-14-16(7-12-21(20)29-2)22-4-3-13-30-22)19-11-10-18(24(27)28)23(19)15-5-8-17(25)9-6-15/h3-9,12-14,18-19,23H,10-11H2,1-2H3,(H,27,28). The first-order valence-electron chi connectivity index (χ1n) is 9.92. The second-order valence-electron chi connectivity index (χ2n) is 7.64. The van der Waals surface area contributed by atoms with E-state index in [0.29, 0.717) is 6.42 Å². The van der Waals surface area contributed by atoms with E-state index in [-0.39, 0.29) is 17.8 Å². The van der Waals surface area contributed by atoms with Gasteiger partial charge in [-0.1, -0.05) is 18.2 Å². The van der Waals surface area contributed by atoms with Crippen LogP contribution in [0.5, 0.6) is 5.75 Å². The number of thiophene rings is 1. The second kappa shape index (κ2) is 8.48. The Morgan fingerprint density at radius 3 is 2.57 bits per heavy atom. The van der Waals surface area contributed by atoms with Crippen molar-refractivity contribution < 1.29 is 19.0 Å². The Balaban J connectivity index is 1.73. The number of hydrogen-bond donors (Lipinski definition) is 1. The maximum atomic E-state index is 13.5. The van der Waals surface area contributed by atoms with Crippen LogP contribution in [0, 0.1) is 11.7 Å². The van der Waals surface area contributed by atoms with Gasteiger partial charge < -0.3 is 14.7 Å². The fourth-order valence-corrected chi connectivity index (χ4v) is 5.29. The minimum atomic E-state index is -0.806. The summed E-state index contributed by atoms with van der Waals surface area (Å²) in [5.41, 5.74) is 2.87. The van der Waals surface area contributed by atoms with Gasteiger partial charge in [-0.3, -0.25) is 4.79 Å². The van der Waals surface area contributed by atoms with E-state index in [1.54, 1.807) is 30.6 Å². The number of anilines is 1. The van der Waals surface area contributed by atoms with E-state index in [1.165, 1.54) is 12.1 Å². The molecule has 1 aliphatic carbocycles. The van der Waals surface area contributed by atoms with Crippen LogP contribution in [0.2, 0.25) is 0 Å². The number of carboxylic acids is 1. The Morgan fingerprint density at radius 2 is 1.93 bits per heavy atom. The normalized spacial score (nSPS) is 20.8. The van der Waals surface area contributed by atoms with E-state index < -0.39 is 11.9 Å². The fraction of sp³-hybridized carbons (Fsp3) is 0.292. The molecule has 1 saturated carbocycles. The van der Waals surface area contributed by atoms with Crippen molar-refractivity contribution in [3.63, 3.8) is 0 Å². The van der Waals surface area contributed by atoms with Gasteiger partial charge in [0.1, 0.15) is 11.6 Å². The summed E-state index contributed by atoms with van der Waals surface area (Å²) < 4.78 is 19.1. The highest BCUT2D eigenvalue weighted by atomic mass is 32.1. The van der Waals surface area contributed by atoms with Gasteiger partial charge in [0.2, 0.25) is 0 Å². The van der Waals surface area contributed by atoms with Crippen molar-refractivity contribution in [2.24, 2.45) is 5.92 Å². The smallest absolute Gasteiger partial charge is 0.307 e. The van der Waals surface area contributed by atoms with Crippen LogP contribution in [0.15, 0.2) is 60.0 Å². The molecule has 1 heterocycles. The van der Waals surface area contributed by atoms with Crippen LogP contribution in [-0.4, -0.2) is 31.3 Å². The molecule has 0 bridgehead atoms. The lowest BCUT2D eigenvalue weighted by molar-refractivity contribution is -0.142. The molecule has 0 radical (unpaired) electrons. The molecule has 6 heteroatoms. The molecule has 1 aliphatic rings. The highest BCUT2D eigenvalue weighted by molar-refractivity contribution is 7.13. The van der Waals surface area contributed by atoms with Gasteiger partial charge in [0.15, 0.2) is 0 Å². The summed E-state index contributed by atoms with van der Waals surface area (Å²) in [6.45, 7) is 0. The molecule has 3 aromatic rings. The molecular formula is C24H24FNO3S. The summed E-state index contributed by atoms with van der Waals surface area (Å²) in [4.78, 5) is 15.3. The van der Waals surface area contributed by atoms with Crippen LogP contribution in [0.4, 0.5) is 10.1 Å². The highest BCUT2D eigenvalue weighted by Gasteiger charge is 2.43. The van der Waals surface area contributed by atoms with E-state index in [4.69, 9.17) is 4.74 Å². The third-order valence-electron chi connectivity index (χ3n) is 6.06. The SMILES string of the molecule is COc1ccc(-c2cccs2)cc1N(C)C1CCC(C(=O)O)C1c1ccc(F)cc1. The second-order valence-corrected chi connectivity index (χ2v) is 8.59. The number of carbonyl (C=O) groups is 1. The molecule has 4 nitrogen and oxygen atoms in total. The lowest BCUT2D eigenvalue weighted by atomic mass is 9.86. The average Bonchev–Trinajstić information content (AvgIpc) is 3.43. The lowest BCUT2D eigenvalue weighted by Gasteiger charge is -2.34. The van der Waals surface area contributed by atoms with E-state index in [0.717, 1.165) is 33.9 Å². The molecule has 3 atom stereocenters. The number of methoxy groups -OCH3 is 1. The first kappa shape index (κ1) is 20.4. The molecule has 4 rings (SSSR count). The van der Waals surface area contributed by atoms with E-state index in [9.17, 15) is 14.3 Å². The van der Waals surface area contributed by atoms with Gasteiger partial charge in [0.25, 0.3) is 0 Å². The third-order valence-corrected chi connectivity index (χ3v) is 6.97. The quantitative estimate of drug-likeness (QED) is 0.555. The number of nitrogens with zero attached hydrogens (tertiary/aromatic N) is 1. The summed E-state index contributed by atoms with van der Waals surface area (Å²) >= 11 is 1.67. The molecule has 1 fully saturated rings. The molecule has 30 heavy (non-hydrogen) atoms. The molecule has 0 aliphatic heterocycles. The zero-order valence-corrected chi connectivity index (χ0v) is 17.7. The maximum Gasteiger partial charge on any atom is 0.307 e. The summed E-state index contributed by atoms with van der Waals surface area (Å²) in [6.07, 6.45) is 1.32. The molecule has 156 valence electrons. The van der Waals surface area contributed by atoms with Crippen molar-refractivity contribution in [1.82, 2.24) is 0 Å². The number of ether oxygens (including phenoxy) is 1. The molecule has 2 aromatic carbocycles. The van der Waals surface area contributed by atoms with Crippen molar-refractivity contribution in [3.8, 4) is 16.2 Å². The Hall–Kier alpha value is -2.86. The number of aliphatic carboxylic acids is 1. The number of halogens is 1. The average molecular weight is 426 g/mol. The van der Waals surface area contributed by atoms with Crippen molar-refractivity contribution in [2.75, 3.05) is 19.1 Å². The van der Waals surface area contributed by atoms with Gasteiger partial charge in [-0.05, 0) is 65.7 Å².